The maximum absolute atomic E-state index is 11.3. The summed E-state index contributed by atoms with van der Waals surface area (Å²) >= 11 is 0. The van der Waals surface area contributed by atoms with Crippen LogP contribution in [0.1, 0.15) is 31.2 Å². The van der Waals surface area contributed by atoms with Gasteiger partial charge in [0.2, 0.25) is 5.91 Å². The van der Waals surface area contributed by atoms with Crippen molar-refractivity contribution >= 4 is 11.6 Å². The molecule has 0 spiro atoms. The van der Waals surface area contributed by atoms with E-state index in [0.717, 1.165) is 25.1 Å². The van der Waals surface area contributed by atoms with Gasteiger partial charge < -0.3 is 16.0 Å². The molecule has 1 saturated carbocycles. The lowest BCUT2D eigenvalue weighted by molar-refractivity contribution is -0.116. The fourth-order valence-corrected chi connectivity index (χ4v) is 2.82. The quantitative estimate of drug-likeness (QED) is 0.818. The van der Waals surface area contributed by atoms with Crippen LogP contribution >= 0.6 is 0 Å². The Morgan fingerprint density at radius 3 is 2.47 bits per heavy atom. The van der Waals surface area contributed by atoms with Gasteiger partial charge in [0.15, 0.2) is 0 Å². The van der Waals surface area contributed by atoms with E-state index < -0.39 is 0 Å². The number of hydrogen-bond donors (Lipinski definition) is 2. The van der Waals surface area contributed by atoms with E-state index in [9.17, 15) is 4.79 Å². The summed E-state index contributed by atoms with van der Waals surface area (Å²) < 4.78 is 0. The van der Waals surface area contributed by atoms with Gasteiger partial charge in [-0.15, -0.1) is 0 Å². The molecule has 3 N–H and O–H groups in total. The molecule has 0 aromatic heterocycles. The largest absolute Gasteiger partial charge is 0.368 e. The Labute approximate surface area is 115 Å². The molecule has 0 unspecified atom stereocenters. The van der Waals surface area contributed by atoms with Gasteiger partial charge in [-0.2, -0.15) is 0 Å². The first kappa shape index (κ1) is 13.9. The molecule has 1 aromatic carbocycles. The Morgan fingerprint density at radius 2 is 1.95 bits per heavy atom. The summed E-state index contributed by atoms with van der Waals surface area (Å²) in [7, 11) is 1.94. The van der Waals surface area contributed by atoms with Crippen LogP contribution in [0.5, 0.6) is 0 Å². The predicted molar refractivity (Wildman–Crippen MR) is 78.0 cm³/mol. The number of nitrogens with one attached hydrogen (secondary N) is 1. The zero-order valence-electron chi connectivity index (χ0n) is 11.6. The summed E-state index contributed by atoms with van der Waals surface area (Å²) in [6.07, 6.45) is 4.81. The summed E-state index contributed by atoms with van der Waals surface area (Å²) in [5.41, 5.74) is 7.73. The molecule has 0 atom stereocenters. The predicted octanol–water partition coefficient (Wildman–Crippen LogP) is 1.64. The lowest BCUT2D eigenvalue weighted by atomic mass is 10.1. The van der Waals surface area contributed by atoms with Crippen molar-refractivity contribution in [2.75, 3.05) is 18.5 Å². The van der Waals surface area contributed by atoms with Crippen molar-refractivity contribution in [1.29, 1.82) is 0 Å². The number of carbonyl (C=O) groups is 1. The third kappa shape index (κ3) is 3.70. The minimum atomic E-state index is -0.258. The normalized spacial score (nSPS) is 15.6. The van der Waals surface area contributed by atoms with E-state index in [0.29, 0.717) is 12.6 Å². The van der Waals surface area contributed by atoms with Crippen LogP contribution in [0, 0.1) is 0 Å². The monoisotopic (exact) mass is 261 g/mol. The van der Waals surface area contributed by atoms with Gasteiger partial charge in [0, 0.05) is 18.3 Å². The van der Waals surface area contributed by atoms with Crippen LogP contribution in [0.15, 0.2) is 24.3 Å². The molecule has 2 rings (SSSR count). The maximum atomic E-state index is 11.3. The van der Waals surface area contributed by atoms with Crippen molar-refractivity contribution in [3.05, 3.63) is 29.8 Å². The van der Waals surface area contributed by atoms with E-state index in [-0.39, 0.29) is 5.91 Å². The van der Waals surface area contributed by atoms with Crippen LogP contribution in [0.25, 0.3) is 0 Å². The van der Waals surface area contributed by atoms with E-state index in [1.807, 2.05) is 7.05 Å². The molecular formula is C15H23N3O. The van der Waals surface area contributed by atoms with E-state index >= 15 is 0 Å². The highest BCUT2D eigenvalue weighted by atomic mass is 16.1. The van der Waals surface area contributed by atoms with E-state index in [1.54, 1.807) is 0 Å². The SMILES string of the molecule is CNCc1ccc(N(CC(N)=O)C2CCCC2)cc1. The number of nitrogens with two attached hydrogens (primary N) is 1. The molecule has 0 radical (unpaired) electrons. The lowest BCUT2D eigenvalue weighted by Gasteiger charge is -2.30. The number of carbonyl (C=O) groups excluding carboxylic acids is 1. The summed E-state index contributed by atoms with van der Waals surface area (Å²) in [6, 6.07) is 8.86. The molecule has 1 aliphatic rings. The molecule has 19 heavy (non-hydrogen) atoms. The maximum Gasteiger partial charge on any atom is 0.236 e. The number of primary amides is 1. The van der Waals surface area contributed by atoms with Crippen molar-refractivity contribution < 1.29 is 4.79 Å². The number of amides is 1. The first-order valence-corrected chi connectivity index (χ1v) is 6.99. The average molecular weight is 261 g/mol. The van der Waals surface area contributed by atoms with Crippen molar-refractivity contribution in [2.45, 2.75) is 38.3 Å². The molecule has 1 fully saturated rings. The molecule has 0 bridgehead atoms. The van der Waals surface area contributed by atoms with Crippen LogP contribution in [0.3, 0.4) is 0 Å². The molecule has 104 valence electrons. The third-order valence-electron chi connectivity index (χ3n) is 3.74. The number of hydrogen-bond acceptors (Lipinski definition) is 3. The molecule has 0 saturated heterocycles. The fraction of sp³-hybridized carbons (Fsp3) is 0.533. The van der Waals surface area contributed by atoms with Gasteiger partial charge in [-0.25, -0.2) is 0 Å². The van der Waals surface area contributed by atoms with E-state index in [4.69, 9.17) is 5.73 Å². The minimum absolute atomic E-state index is 0.258. The zero-order valence-corrected chi connectivity index (χ0v) is 11.6. The number of rotatable bonds is 6. The number of anilines is 1. The molecule has 1 aliphatic carbocycles. The second-order valence-corrected chi connectivity index (χ2v) is 5.23. The Bertz CT molecular complexity index is 410. The lowest BCUT2D eigenvalue weighted by Crippen LogP contribution is -2.40. The highest BCUT2D eigenvalue weighted by Gasteiger charge is 2.23. The topological polar surface area (TPSA) is 58.4 Å². The van der Waals surface area contributed by atoms with E-state index in [2.05, 4.69) is 34.5 Å². The summed E-state index contributed by atoms with van der Waals surface area (Å²) in [6.45, 7) is 1.18. The summed E-state index contributed by atoms with van der Waals surface area (Å²) in [5.74, 6) is -0.258. The van der Waals surface area contributed by atoms with Crippen LogP contribution in [-0.2, 0) is 11.3 Å². The molecule has 1 amide bonds. The van der Waals surface area contributed by atoms with Crippen molar-refractivity contribution in [2.24, 2.45) is 5.73 Å². The van der Waals surface area contributed by atoms with Crippen LogP contribution in [-0.4, -0.2) is 25.5 Å². The molecule has 4 heteroatoms. The van der Waals surface area contributed by atoms with Crippen LogP contribution in [0.4, 0.5) is 5.69 Å². The Morgan fingerprint density at radius 1 is 1.32 bits per heavy atom. The van der Waals surface area contributed by atoms with Gasteiger partial charge in [-0.05, 0) is 37.6 Å². The zero-order chi connectivity index (χ0) is 13.7. The van der Waals surface area contributed by atoms with Gasteiger partial charge in [-0.3, -0.25) is 4.79 Å². The van der Waals surface area contributed by atoms with Gasteiger partial charge in [0.05, 0.1) is 6.54 Å². The molecule has 0 heterocycles. The minimum Gasteiger partial charge on any atom is -0.368 e. The van der Waals surface area contributed by atoms with Gasteiger partial charge in [-0.1, -0.05) is 25.0 Å². The number of benzene rings is 1. The van der Waals surface area contributed by atoms with Crippen molar-refractivity contribution in [3.8, 4) is 0 Å². The summed E-state index contributed by atoms with van der Waals surface area (Å²) in [4.78, 5) is 13.4. The second-order valence-electron chi connectivity index (χ2n) is 5.23. The molecule has 1 aromatic rings. The highest BCUT2D eigenvalue weighted by molar-refractivity contribution is 5.79. The second kappa shape index (κ2) is 6.57. The third-order valence-corrected chi connectivity index (χ3v) is 3.74. The van der Waals surface area contributed by atoms with Gasteiger partial charge in [0.1, 0.15) is 0 Å². The number of nitrogens with zero attached hydrogens (tertiary/aromatic N) is 1. The highest BCUT2D eigenvalue weighted by Crippen LogP contribution is 2.28. The van der Waals surface area contributed by atoms with E-state index in [1.165, 1.54) is 18.4 Å². The van der Waals surface area contributed by atoms with Gasteiger partial charge >= 0.3 is 0 Å². The Kier molecular flexibility index (Phi) is 4.80. The molecule has 0 aliphatic heterocycles. The first-order valence-electron chi connectivity index (χ1n) is 6.99. The van der Waals surface area contributed by atoms with Crippen LogP contribution in [0.2, 0.25) is 0 Å². The van der Waals surface area contributed by atoms with Crippen molar-refractivity contribution in [3.63, 3.8) is 0 Å². The summed E-state index contributed by atoms with van der Waals surface area (Å²) in [5, 5.41) is 3.13. The van der Waals surface area contributed by atoms with Gasteiger partial charge in [0.25, 0.3) is 0 Å². The van der Waals surface area contributed by atoms with Crippen molar-refractivity contribution in [1.82, 2.24) is 5.32 Å². The smallest absolute Gasteiger partial charge is 0.236 e. The fourth-order valence-electron chi connectivity index (χ4n) is 2.82. The Hall–Kier alpha value is -1.55. The molecule has 4 nitrogen and oxygen atoms in total. The Balaban J connectivity index is 2.14. The standard InChI is InChI=1S/C15H23N3O/c1-17-10-12-6-8-14(9-7-12)18(11-15(16)19)13-4-2-3-5-13/h6-9,13,17H,2-5,10-11H2,1H3,(H2,16,19). The van der Waals surface area contributed by atoms with Crippen LogP contribution < -0.4 is 16.0 Å². The average Bonchev–Trinajstić information content (AvgIpc) is 2.91. The first-order chi connectivity index (χ1) is 9.20. The molecular weight excluding hydrogens is 238 g/mol.